The quantitative estimate of drug-likeness (QED) is 0.675. The standard InChI is InChI=1S/C7H13N5O2S/c8-1-4-15(13,14)12-3-2-11-6-9-10-7(11)5-12/h6H,1-5,8H2. The molecule has 84 valence electrons. The highest BCUT2D eigenvalue weighted by molar-refractivity contribution is 7.89. The van der Waals surface area contributed by atoms with E-state index in [4.69, 9.17) is 5.73 Å². The SMILES string of the molecule is NCCS(=O)(=O)N1CCn2cnnc2C1. The summed E-state index contributed by atoms with van der Waals surface area (Å²) in [7, 11) is -3.23. The molecule has 0 atom stereocenters. The van der Waals surface area contributed by atoms with Crippen LogP contribution in [0.25, 0.3) is 0 Å². The number of nitrogens with zero attached hydrogens (tertiary/aromatic N) is 4. The predicted molar refractivity (Wildman–Crippen MR) is 53.3 cm³/mol. The predicted octanol–water partition coefficient (Wildman–Crippen LogP) is -1.62. The molecule has 0 radical (unpaired) electrons. The minimum Gasteiger partial charge on any atom is -0.329 e. The lowest BCUT2D eigenvalue weighted by atomic mass is 10.4. The van der Waals surface area contributed by atoms with Gasteiger partial charge in [-0.3, -0.25) is 0 Å². The number of hydrogen-bond acceptors (Lipinski definition) is 5. The maximum absolute atomic E-state index is 11.7. The fourth-order valence-electron chi connectivity index (χ4n) is 1.56. The normalized spacial score (nSPS) is 17.7. The maximum Gasteiger partial charge on any atom is 0.215 e. The Bertz CT molecular complexity index is 440. The molecule has 0 bridgehead atoms. The van der Waals surface area contributed by atoms with Crippen LogP contribution in [0.2, 0.25) is 0 Å². The van der Waals surface area contributed by atoms with Gasteiger partial charge in [-0.25, -0.2) is 8.42 Å². The minimum absolute atomic E-state index is 0.0128. The highest BCUT2D eigenvalue weighted by atomic mass is 32.2. The Hall–Kier alpha value is -0.990. The van der Waals surface area contributed by atoms with Crippen molar-refractivity contribution in [2.45, 2.75) is 13.1 Å². The van der Waals surface area contributed by atoms with Gasteiger partial charge in [-0.1, -0.05) is 0 Å². The molecule has 0 aromatic carbocycles. The van der Waals surface area contributed by atoms with E-state index in [2.05, 4.69) is 10.2 Å². The Kier molecular flexibility index (Phi) is 2.72. The molecule has 0 spiro atoms. The Morgan fingerprint density at radius 1 is 1.47 bits per heavy atom. The van der Waals surface area contributed by atoms with Crippen molar-refractivity contribution in [2.24, 2.45) is 5.73 Å². The van der Waals surface area contributed by atoms with E-state index >= 15 is 0 Å². The molecule has 0 fully saturated rings. The molecule has 0 saturated carbocycles. The Labute approximate surface area is 87.9 Å². The van der Waals surface area contributed by atoms with E-state index in [0.29, 0.717) is 25.5 Å². The summed E-state index contributed by atoms with van der Waals surface area (Å²) >= 11 is 0. The topological polar surface area (TPSA) is 94.1 Å². The van der Waals surface area contributed by atoms with Gasteiger partial charge in [-0.05, 0) is 0 Å². The third kappa shape index (κ3) is 2.01. The van der Waals surface area contributed by atoms with Crippen molar-refractivity contribution < 1.29 is 8.42 Å². The average molecular weight is 231 g/mol. The summed E-state index contributed by atoms with van der Waals surface area (Å²) in [4.78, 5) is 0. The Morgan fingerprint density at radius 3 is 3.00 bits per heavy atom. The van der Waals surface area contributed by atoms with Gasteiger partial charge in [0.25, 0.3) is 0 Å². The van der Waals surface area contributed by atoms with Crippen LogP contribution >= 0.6 is 0 Å². The minimum atomic E-state index is -3.23. The Morgan fingerprint density at radius 2 is 2.27 bits per heavy atom. The lowest BCUT2D eigenvalue weighted by molar-refractivity contribution is 0.335. The highest BCUT2D eigenvalue weighted by Crippen LogP contribution is 2.13. The summed E-state index contributed by atoms with van der Waals surface area (Å²) in [5.41, 5.74) is 5.26. The van der Waals surface area contributed by atoms with Gasteiger partial charge < -0.3 is 10.3 Å². The number of nitrogens with two attached hydrogens (primary N) is 1. The van der Waals surface area contributed by atoms with Gasteiger partial charge in [0, 0.05) is 19.6 Å². The van der Waals surface area contributed by atoms with E-state index < -0.39 is 10.0 Å². The molecular formula is C7H13N5O2S. The number of fused-ring (bicyclic) bond motifs is 1. The molecule has 0 saturated heterocycles. The van der Waals surface area contributed by atoms with Gasteiger partial charge in [-0.2, -0.15) is 4.31 Å². The largest absolute Gasteiger partial charge is 0.329 e. The first-order chi connectivity index (χ1) is 7.13. The van der Waals surface area contributed by atoms with E-state index in [1.165, 1.54) is 4.31 Å². The first kappa shape index (κ1) is 10.5. The van der Waals surface area contributed by atoms with Gasteiger partial charge >= 0.3 is 0 Å². The summed E-state index contributed by atoms with van der Waals surface area (Å²) in [6.45, 7) is 1.51. The first-order valence-electron chi connectivity index (χ1n) is 4.68. The average Bonchev–Trinajstić information content (AvgIpc) is 2.63. The maximum atomic E-state index is 11.7. The molecule has 2 rings (SSSR count). The molecule has 15 heavy (non-hydrogen) atoms. The van der Waals surface area contributed by atoms with Crippen molar-refractivity contribution in [3.8, 4) is 0 Å². The van der Waals surface area contributed by atoms with E-state index in [1.807, 2.05) is 4.57 Å². The molecule has 8 heteroatoms. The molecule has 7 nitrogen and oxygen atoms in total. The van der Waals surface area contributed by atoms with Crippen LogP contribution in [0, 0.1) is 0 Å². The second-order valence-corrected chi connectivity index (χ2v) is 5.47. The Balaban J connectivity index is 2.16. The molecule has 1 aromatic heterocycles. The van der Waals surface area contributed by atoms with Crippen LogP contribution in [0.5, 0.6) is 0 Å². The van der Waals surface area contributed by atoms with Crippen molar-refractivity contribution in [2.75, 3.05) is 18.8 Å². The number of sulfonamides is 1. The smallest absolute Gasteiger partial charge is 0.215 e. The zero-order chi connectivity index (χ0) is 10.9. The van der Waals surface area contributed by atoms with E-state index in [9.17, 15) is 8.42 Å². The monoisotopic (exact) mass is 231 g/mol. The molecule has 1 aliphatic heterocycles. The molecule has 1 aliphatic rings. The van der Waals surface area contributed by atoms with Crippen molar-refractivity contribution in [3.63, 3.8) is 0 Å². The molecule has 2 heterocycles. The first-order valence-corrected chi connectivity index (χ1v) is 6.29. The summed E-state index contributed by atoms with van der Waals surface area (Å²) in [6.07, 6.45) is 1.61. The summed E-state index contributed by atoms with van der Waals surface area (Å²) < 4.78 is 26.7. The molecule has 0 unspecified atom stereocenters. The fourth-order valence-corrected chi connectivity index (χ4v) is 2.79. The van der Waals surface area contributed by atoms with Crippen LogP contribution in [0.1, 0.15) is 5.82 Å². The number of rotatable bonds is 3. The zero-order valence-electron chi connectivity index (χ0n) is 8.20. The van der Waals surface area contributed by atoms with Gasteiger partial charge in [0.15, 0.2) is 0 Å². The zero-order valence-corrected chi connectivity index (χ0v) is 9.02. The summed E-state index contributed by atoms with van der Waals surface area (Å²) in [6, 6.07) is 0. The number of aromatic nitrogens is 3. The van der Waals surface area contributed by atoms with Gasteiger partial charge in [0.1, 0.15) is 12.2 Å². The summed E-state index contributed by atoms with van der Waals surface area (Å²) in [5, 5.41) is 7.59. The van der Waals surface area contributed by atoms with Gasteiger partial charge in [0.2, 0.25) is 10.0 Å². The van der Waals surface area contributed by atoms with Crippen LogP contribution in [0.4, 0.5) is 0 Å². The third-order valence-electron chi connectivity index (χ3n) is 2.37. The lowest BCUT2D eigenvalue weighted by Crippen LogP contribution is -2.40. The van der Waals surface area contributed by atoms with Crippen LogP contribution in [-0.2, 0) is 23.1 Å². The van der Waals surface area contributed by atoms with E-state index in [0.717, 1.165) is 0 Å². The second-order valence-electron chi connectivity index (χ2n) is 3.38. The van der Waals surface area contributed by atoms with E-state index in [-0.39, 0.29) is 12.3 Å². The van der Waals surface area contributed by atoms with Gasteiger partial charge in [0.05, 0.1) is 12.3 Å². The fraction of sp³-hybridized carbons (Fsp3) is 0.714. The summed E-state index contributed by atoms with van der Waals surface area (Å²) in [5.74, 6) is 0.670. The van der Waals surface area contributed by atoms with Crippen molar-refractivity contribution in [1.29, 1.82) is 0 Å². The highest BCUT2D eigenvalue weighted by Gasteiger charge is 2.26. The van der Waals surface area contributed by atoms with Crippen LogP contribution < -0.4 is 5.73 Å². The molecule has 1 aromatic rings. The van der Waals surface area contributed by atoms with Crippen LogP contribution in [0.3, 0.4) is 0 Å². The molecular weight excluding hydrogens is 218 g/mol. The van der Waals surface area contributed by atoms with Crippen LogP contribution in [0.15, 0.2) is 6.33 Å². The van der Waals surface area contributed by atoms with Crippen LogP contribution in [-0.4, -0.2) is 46.3 Å². The number of hydrogen-bond donors (Lipinski definition) is 1. The van der Waals surface area contributed by atoms with E-state index in [1.54, 1.807) is 6.33 Å². The van der Waals surface area contributed by atoms with Crippen molar-refractivity contribution in [1.82, 2.24) is 19.1 Å². The molecule has 2 N–H and O–H groups in total. The molecule has 0 aliphatic carbocycles. The second kappa shape index (κ2) is 3.87. The van der Waals surface area contributed by atoms with Crippen molar-refractivity contribution in [3.05, 3.63) is 12.2 Å². The van der Waals surface area contributed by atoms with Gasteiger partial charge in [-0.15, -0.1) is 10.2 Å². The molecule has 0 amide bonds. The third-order valence-corrected chi connectivity index (χ3v) is 4.22. The lowest BCUT2D eigenvalue weighted by Gasteiger charge is -2.25. The van der Waals surface area contributed by atoms with Crippen molar-refractivity contribution >= 4 is 10.0 Å².